The second kappa shape index (κ2) is 7.71. The van der Waals surface area contributed by atoms with Gasteiger partial charge in [-0.3, -0.25) is 4.79 Å². The third-order valence-electron chi connectivity index (χ3n) is 3.45. The van der Waals surface area contributed by atoms with E-state index in [0.29, 0.717) is 5.78 Å². The monoisotopic (exact) mass is 346 g/mol. The van der Waals surface area contributed by atoms with Gasteiger partial charge in [-0.05, 0) is 39.3 Å². The van der Waals surface area contributed by atoms with Crippen LogP contribution >= 0.6 is 24.8 Å². The van der Waals surface area contributed by atoms with Crippen LogP contribution in [-0.4, -0.2) is 44.6 Å². The van der Waals surface area contributed by atoms with Gasteiger partial charge in [0.15, 0.2) is 0 Å². The summed E-state index contributed by atoms with van der Waals surface area (Å²) in [6, 6.07) is 2.06. The van der Waals surface area contributed by atoms with E-state index in [4.69, 9.17) is 0 Å². The molecule has 0 bridgehead atoms. The van der Waals surface area contributed by atoms with Crippen LogP contribution in [0, 0.1) is 13.8 Å². The molecule has 0 radical (unpaired) electrons. The normalized spacial score (nSPS) is 17.5. The first-order valence-corrected chi connectivity index (χ1v) is 6.86. The summed E-state index contributed by atoms with van der Waals surface area (Å²) in [4.78, 5) is 20.7. The van der Waals surface area contributed by atoms with Crippen molar-refractivity contribution in [2.24, 2.45) is 0 Å². The quantitative estimate of drug-likeness (QED) is 0.849. The number of aryl methyl sites for hydroxylation is 2. The molecule has 1 amide bonds. The molecule has 1 aliphatic rings. The Hall–Kier alpha value is -1.44. The third-order valence-corrected chi connectivity index (χ3v) is 3.45. The van der Waals surface area contributed by atoms with Gasteiger partial charge in [0, 0.05) is 24.0 Å². The zero-order chi connectivity index (χ0) is 14.1. The Balaban J connectivity index is 0.00000121. The predicted octanol–water partition coefficient (Wildman–Crippen LogP) is 1.07. The smallest absolute Gasteiger partial charge is 0.291 e. The number of hydrogen-bond donors (Lipinski definition) is 2. The first kappa shape index (κ1) is 18.6. The second-order valence-electron chi connectivity index (χ2n) is 5.20. The first-order valence-electron chi connectivity index (χ1n) is 6.86. The molecule has 2 aromatic heterocycles. The number of nitrogens with one attached hydrogen (secondary N) is 2. The van der Waals surface area contributed by atoms with E-state index in [9.17, 15) is 4.79 Å². The number of hydrogen-bond acceptors (Lipinski definition) is 5. The molecule has 1 aliphatic heterocycles. The molecule has 0 unspecified atom stereocenters. The van der Waals surface area contributed by atoms with E-state index in [1.165, 1.54) is 0 Å². The number of nitrogens with zero attached hydrogens (tertiary/aromatic N) is 4. The van der Waals surface area contributed by atoms with Crippen molar-refractivity contribution in [3.05, 3.63) is 23.3 Å². The summed E-state index contributed by atoms with van der Waals surface area (Å²) in [6.07, 6.45) is 2.06. The van der Waals surface area contributed by atoms with Crippen LogP contribution < -0.4 is 10.6 Å². The third kappa shape index (κ3) is 3.85. The van der Waals surface area contributed by atoms with Gasteiger partial charge in [-0.2, -0.15) is 4.98 Å². The Bertz CT molecular complexity index is 653. The van der Waals surface area contributed by atoms with Crippen LogP contribution in [0.5, 0.6) is 0 Å². The number of piperidine rings is 1. The minimum absolute atomic E-state index is 0. The fourth-order valence-electron chi connectivity index (χ4n) is 2.49. The van der Waals surface area contributed by atoms with E-state index in [2.05, 4.69) is 25.7 Å². The average Bonchev–Trinajstić information content (AvgIpc) is 2.84. The minimum atomic E-state index is -0.235. The van der Waals surface area contributed by atoms with Crippen molar-refractivity contribution in [2.75, 3.05) is 13.1 Å². The molecule has 1 atom stereocenters. The molecular weight excluding hydrogens is 327 g/mol. The molecule has 2 aromatic rings. The highest BCUT2D eigenvalue weighted by Crippen LogP contribution is 2.06. The highest BCUT2D eigenvalue weighted by Gasteiger charge is 2.20. The second-order valence-corrected chi connectivity index (χ2v) is 5.20. The molecule has 9 heteroatoms. The van der Waals surface area contributed by atoms with Crippen LogP contribution in [0.4, 0.5) is 0 Å². The molecular formula is C13H20Cl2N6O. The van der Waals surface area contributed by atoms with Crippen LogP contribution in [-0.2, 0) is 0 Å². The van der Waals surface area contributed by atoms with E-state index in [0.717, 1.165) is 37.3 Å². The number of rotatable bonds is 2. The summed E-state index contributed by atoms with van der Waals surface area (Å²) >= 11 is 0. The van der Waals surface area contributed by atoms with Crippen molar-refractivity contribution in [3.63, 3.8) is 0 Å². The predicted molar refractivity (Wildman–Crippen MR) is 88.1 cm³/mol. The maximum atomic E-state index is 12.2. The van der Waals surface area contributed by atoms with Gasteiger partial charge in [-0.1, -0.05) is 0 Å². The Morgan fingerprint density at radius 1 is 1.36 bits per heavy atom. The van der Waals surface area contributed by atoms with Crippen molar-refractivity contribution >= 4 is 36.5 Å². The van der Waals surface area contributed by atoms with Gasteiger partial charge in [0.2, 0.25) is 5.82 Å². The summed E-state index contributed by atoms with van der Waals surface area (Å²) in [5.41, 5.74) is 1.78. The lowest BCUT2D eigenvalue weighted by atomic mass is 10.1. The SMILES string of the molecule is Cc1cc(C)n2nc(C(=O)N[C@H]3CCCNC3)nc2n1.Cl.Cl. The molecule has 1 fully saturated rings. The minimum Gasteiger partial charge on any atom is -0.345 e. The summed E-state index contributed by atoms with van der Waals surface area (Å²) in [5, 5.41) is 10.5. The average molecular weight is 347 g/mol. The van der Waals surface area contributed by atoms with Crippen molar-refractivity contribution in [2.45, 2.75) is 32.7 Å². The number of aromatic nitrogens is 4. The van der Waals surface area contributed by atoms with E-state index in [-0.39, 0.29) is 42.6 Å². The molecule has 3 rings (SSSR count). The first-order chi connectivity index (χ1) is 9.63. The van der Waals surface area contributed by atoms with Gasteiger partial charge in [0.05, 0.1) is 0 Å². The maximum absolute atomic E-state index is 12.2. The Morgan fingerprint density at radius 2 is 2.14 bits per heavy atom. The largest absolute Gasteiger partial charge is 0.345 e. The van der Waals surface area contributed by atoms with Crippen LogP contribution in [0.3, 0.4) is 0 Å². The standard InChI is InChI=1S/C13H18N6O.2ClH/c1-8-6-9(2)19-13(15-8)17-11(18-19)12(20)16-10-4-3-5-14-7-10;;/h6,10,14H,3-5,7H2,1-2H3,(H,16,20);2*1H/t10-;;/m0../s1. The van der Waals surface area contributed by atoms with Gasteiger partial charge in [-0.25, -0.2) is 9.50 Å². The number of halogens is 2. The van der Waals surface area contributed by atoms with Crippen molar-refractivity contribution in [3.8, 4) is 0 Å². The molecule has 1 saturated heterocycles. The van der Waals surface area contributed by atoms with Gasteiger partial charge >= 0.3 is 0 Å². The Labute approximate surface area is 141 Å². The van der Waals surface area contributed by atoms with Gasteiger partial charge in [-0.15, -0.1) is 29.9 Å². The molecule has 0 saturated carbocycles. The molecule has 7 nitrogen and oxygen atoms in total. The van der Waals surface area contributed by atoms with Crippen LogP contribution in [0.1, 0.15) is 34.8 Å². The molecule has 0 aromatic carbocycles. The number of fused-ring (bicyclic) bond motifs is 1. The summed E-state index contributed by atoms with van der Waals surface area (Å²) in [6.45, 7) is 5.63. The number of amides is 1. The van der Waals surface area contributed by atoms with Crippen molar-refractivity contribution in [1.29, 1.82) is 0 Å². The summed E-state index contributed by atoms with van der Waals surface area (Å²) < 4.78 is 1.60. The van der Waals surface area contributed by atoms with Crippen molar-refractivity contribution in [1.82, 2.24) is 30.2 Å². The molecule has 0 aliphatic carbocycles. The fourth-order valence-corrected chi connectivity index (χ4v) is 2.49. The summed E-state index contributed by atoms with van der Waals surface area (Å²) in [7, 11) is 0. The van der Waals surface area contributed by atoms with Gasteiger partial charge in [0.25, 0.3) is 11.7 Å². The Morgan fingerprint density at radius 3 is 2.82 bits per heavy atom. The fraction of sp³-hybridized carbons (Fsp3) is 0.538. The molecule has 22 heavy (non-hydrogen) atoms. The summed E-state index contributed by atoms with van der Waals surface area (Å²) in [5.74, 6) is 0.410. The molecule has 2 N–H and O–H groups in total. The number of carbonyl (C=O) groups is 1. The Kier molecular flexibility index (Phi) is 6.52. The number of carbonyl (C=O) groups excluding carboxylic acids is 1. The van der Waals surface area contributed by atoms with Gasteiger partial charge < -0.3 is 10.6 Å². The topological polar surface area (TPSA) is 84.2 Å². The van der Waals surface area contributed by atoms with E-state index in [1.54, 1.807) is 4.52 Å². The van der Waals surface area contributed by atoms with E-state index >= 15 is 0 Å². The highest BCUT2D eigenvalue weighted by atomic mass is 35.5. The zero-order valence-corrected chi connectivity index (χ0v) is 14.1. The maximum Gasteiger partial charge on any atom is 0.291 e. The lowest BCUT2D eigenvalue weighted by Gasteiger charge is -2.23. The molecule has 0 spiro atoms. The van der Waals surface area contributed by atoms with Crippen LogP contribution in [0.25, 0.3) is 5.78 Å². The van der Waals surface area contributed by atoms with Crippen LogP contribution in [0.2, 0.25) is 0 Å². The lowest BCUT2D eigenvalue weighted by molar-refractivity contribution is 0.0920. The van der Waals surface area contributed by atoms with E-state index < -0.39 is 0 Å². The van der Waals surface area contributed by atoms with Crippen LogP contribution in [0.15, 0.2) is 6.07 Å². The highest BCUT2D eigenvalue weighted by molar-refractivity contribution is 5.91. The zero-order valence-electron chi connectivity index (χ0n) is 12.5. The molecule has 122 valence electrons. The lowest BCUT2D eigenvalue weighted by Crippen LogP contribution is -2.45. The van der Waals surface area contributed by atoms with Crippen molar-refractivity contribution < 1.29 is 4.79 Å². The van der Waals surface area contributed by atoms with E-state index in [1.807, 2.05) is 19.9 Å². The molecule has 3 heterocycles. The van der Waals surface area contributed by atoms with Gasteiger partial charge in [0.1, 0.15) is 0 Å².